The summed E-state index contributed by atoms with van der Waals surface area (Å²) in [5.41, 5.74) is -0.0807. The molecule has 0 aromatic heterocycles. The first kappa shape index (κ1) is 17.6. The second-order valence-corrected chi connectivity index (χ2v) is 5.32. The molecule has 1 unspecified atom stereocenters. The van der Waals surface area contributed by atoms with Crippen molar-refractivity contribution < 1.29 is 27.9 Å². The first-order valence-corrected chi connectivity index (χ1v) is 7.18. The summed E-state index contributed by atoms with van der Waals surface area (Å²) >= 11 is 7.23. The van der Waals surface area contributed by atoms with E-state index >= 15 is 0 Å². The van der Waals surface area contributed by atoms with E-state index in [4.69, 9.17) is 16.7 Å². The molecule has 2 N–H and O–H groups in total. The van der Waals surface area contributed by atoms with Crippen molar-refractivity contribution in [2.45, 2.75) is 23.5 Å². The quantitative estimate of drug-likeness (QED) is 0.807. The molecule has 1 rings (SSSR count). The van der Waals surface area contributed by atoms with E-state index in [9.17, 15) is 22.8 Å². The van der Waals surface area contributed by atoms with Gasteiger partial charge in [0.25, 0.3) is 5.91 Å². The van der Waals surface area contributed by atoms with Gasteiger partial charge in [-0.15, -0.1) is 11.8 Å². The minimum absolute atomic E-state index is 0.0375. The molecule has 0 aliphatic carbocycles. The van der Waals surface area contributed by atoms with E-state index in [1.165, 1.54) is 23.9 Å². The lowest BCUT2D eigenvalue weighted by molar-refractivity contribution is -0.157. The molecule has 0 spiro atoms. The fourth-order valence-electron chi connectivity index (χ4n) is 1.47. The molecule has 1 aromatic carbocycles. The summed E-state index contributed by atoms with van der Waals surface area (Å²) in [4.78, 5) is 23.4. The number of carboxylic acids is 1. The molecule has 0 bridgehead atoms. The van der Waals surface area contributed by atoms with Crippen molar-refractivity contribution in [3.05, 3.63) is 28.8 Å². The van der Waals surface area contributed by atoms with Crippen molar-refractivity contribution in [3.63, 3.8) is 0 Å². The zero-order chi connectivity index (χ0) is 16.2. The van der Waals surface area contributed by atoms with Gasteiger partial charge in [-0.25, -0.2) is 4.79 Å². The highest BCUT2D eigenvalue weighted by Gasteiger charge is 2.36. The summed E-state index contributed by atoms with van der Waals surface area (Å²) in [6.45, 7) is 0. The Kier molecular flexibility index (Phi) is 5.91. The molecule has 1 aromatic rings. The highest BCUT2D eigenvalue weighted by molar-refractivity contribution is 7.98. The van der Waals surface area contributed by atoms with E-state index in [1.807, 2.05) is 5.32 Å². The summed E-state index contributed by atoms with van der Waals surface area (Å²) in [6.07, 6.45) is -4.58. The molecule has 0 radical (unpaired) electrons. The van der Waals surface area contributed by atoms with E-state index < -0.39 is 30.5 Å². The summed E-state index contributed by atoms with van der Waals surface area (Å²) in [5.74, 6) is -2.73. The third kappa shape index (κ3) is 5.47. The number of carboxylic acid groups (broad SMARTS) is 1. The van der Waals surface area contributed by atoms with Crippen molar-refractivity contribution in [2.75, 3.05) is 6.26 Å². The molecule has 21 heavy (non-hydrogen) atoms. The number of thioether (sulfide) groups is 1. The highest BCUT2D eigenvalue weighted by atomic mass is 35.5. The van der Waals surface area contributed by atoms with Crippen LogP contribution in [-0.2, 0) is 4.79 Å². The van der Waals surface area contributed by atoms with Crippen LogP contribution in [0.3, 0.4) is 0 Å². The number of carbonyl (C=O) groups is 2. The first-order chi connectivity index (χ1) is 9.64. The molecule has 0 saturated heterocycles. The normalized spacial score (nSPS) is 12.8. The summed E-state index contributed by atoms with van der Waals surface area (Å²) in [7, 11) is 0. The Bertz CT molecular complexity index is 551. The number of rotatable bonds is 5. The van der Waals surface area contributed by atoms with Gasteiger partial charge in [0.2, 0.25) is 0 Å². The second-order valence-electron chi connectivity index (χ2n) is 4.03. The standard InChI is InChI=1S/C12H11ClF3NO3S/c1-21-6-2-3-7(8(13)4-6)10(18)17-9(11(19)20)5-12(14,15)16/h2-4,9H,5H2,1H3,(H,17,18)(H,19,20). The Labute approximate surface area is 127 Å². The largest absolute Gasteiger partial charge is 0.480 e. The highest BCUT2D eigenvalue weighted by Crippen LogP contribution is 2.25. The van der Waals surface area contributed by atoms with Gasteiger partial charge in [0.15, 0.2) is 0 Å². The monoisotopic (exact) mass is 341 g/mol. The zero-order valence-electron chi connectivity index (χ0n) is 10.7. The smallest absolute Gasteiger partial charge is 0.391 e. The predicted octanol–water partition coefficient (Wildman–Crippen LogP) is 3.20. The van der Waals surface area contributed by atoms with Crippen LogP contribution in [0, 0.1) is 0 Å². The van der Waals surface area contributed by atoms with Gasteiger partial charge in [0.05, 0.1) is 17.0 Å². The van der Waals surface area contributed by atoms with E-state index in [0.29, 0.717) is 0 Å². The number of amides is 1. The minimum Gasteiger partial charge on any atom is -0.480 e. The zero-order valence-corrected chi connectivity index (χ0v) is 12.3. The van der Waals surface area contributed by atoms with Gasteiger partial charge in [-0.3, -0.25) is 4.79 Å². The number of carbonyl (C=O) groups excluding carboxylic acids is 1. The third-order valence-corrected chi connectivity index (χ3v) is 3.50. The predicted molar refractivity (Wildman–Crippen MR) is 72.8 cm³/mol. The maximum atomic E-state index is 12.3. The first-order valence-electron chi connectivity index (χ1n) is 5.58. The summed E-state index contributed by atoms with van der Waals surface area (Å²) < 4.78 is 36.8. The second kappa shape index (κ2) is 7.04. The molecule has 9 heteroatoms. The van der Waals surface area contributed by atoms with Crippen LogP contribution < -0.4 is 5.32 Å². The number of alkyl halides is 3. The summed E-state index contributed by atoms with van der Waals surface area (Å²) in [6, 6.07) is 2.30. The Morgan fingerprint density at radius 2 is 2.05 bits per heavy atom. The molecule has 1 atom stereocenters. The van der Waals surface area contributed by atoms with Crippen LogP contribution in [0.4, 0.5) is 13.2 Å². The maximum Gasteiger partial charge on any atom is 0.391 e. The number of aliphatic carboxylic acids is 1. The molecule has 0 aliphatic heterocycles. The molecular formula is C12H11ClF3NO3S. The lowest BCUT2D eigenvalue weighted by Gasteiger charge is -2.16. The average Bonchev–Trinajstić information content (AvgIpc) is 2.35. The molecule has 4 nitrogen and oxygen atoms in total. The molecule has 0 heterocycles. The number of nitrogens with one attached hydrogen (secondary N) is 1. The van der Waals surface area contributed by atoms with Gasteiger partial charge >= 0.3 is 12.1 Å². The van der Waals surface area contributed by atoms with E-state index in [0.717, 1.165) is 4.90 Å². The van der Waals surface area contributed by atoms with Crippen LogP contribution in [0.2, 0.25) is 5.02 Å². The van der Waals surface area contributed by atoms with Crippen LogP contribution >= 0.6 is 23.4 Å². The SMILES string of the molecule is CSc1ccc(C(=O)NC(CC(F)(F)F)C(=O)O)c(Cl)c1. The van der Waals surface area contributed by atoms with Crippen molar-refractivity contribution in [1.82, 2.24) is 5.32 Å². The van der Waals surface area contributed by atoms with Gasteiger partial charge < -0.3 is 10.4 Å². The molecular weight excluding hydrogens is 331 g/mol. The van der Waals surface area contributed by atoms with Gasteiger partial charge in [-0.2, -0.15) is 13.2 Å². The topological polar surface area (TPSA) is 66.4 Å². The fourth-order valence-corrected chi connectivity index (χ4v) is 2.25. The van der Waals surface area contributed by atoms with Crippen LogP contribution in [-0.4, -0.2) is 35.5 Å². The molecule has 116 valence electrons. The van der Waals surface area contributed by atoms with Crippen LogP contribution in [0.5, 0.6) is 0 Å². The van der Waals surface area contributed by atoms with E-state index in [-0.39, 0.29) is 10.6 Å². The number of benzene rings is 1. The lowest BCUT2D eigenvalue weighted by Crippen LogP contribution is -2.43. The van der Waals surface area contributed by atoms with Crippen LogP contribution in [0.15, 0.2) is 23.1 Å². The van der Waals surface area contributed by atoms with Crippen LogP contribution in [0.1, 0.15) is 16.8 Å². The third-order valence-electron chi connectivity index (χ3n) is 2.46. The Balaban J connectivity index is 2.90. The van der Waals surface area contributed by atoms with E-state index in [1.54, 1.807) is 12.3 Å². The number of halogens is 4. The van der Waals surface area contributed by atoms with Gasteiger partial charge in [0.1, 0.15) is 6.04 Å². The van der Waals surface area contributed by atoms with Crippen molar-refractivity contribution in [1.29, 1.82) is 0 Å². The van der Waals surface area contributed by atoms with E-state index in [2.05, 4.69) is 0 Å². The van der Waals surface area contributed by atoms with Crippen molar-refractivity contribution in [2.24, 2.45) is 0 Å². The van der Waals surface area contributed by atoms with Crippen LogP contribution in [0.25, 0.3) is 0 Å². The number of hydrogen-bond donors (Lipinski definition) is 2. The van der Waals surface area contributed by atoms with Gasteiger partial charge in [-0.05, 0) is 24.5 Å². The summed E-state index contributed by atoms with van der Waals surface area (Å²) in [5, 5.41) is 10.6. The van der Waals surface area contributed by atoms with Crippen molar-refractivity contribution >= 4 is 35.2 Å². The molecule has 0 saturated carbocycles. The molecule has 0 fully saturated rings. The maximum absolute atomic E-state index is 12.3. The minimum atomic E-state index is -4.71. The number of hydrogen-bond acceptors (Lipinski definition) is 3. The fraction of sp³-hybridized carbons (Fsp3) is 0.333. The lowest BCUT2D eigenvalue weighted by atomic mass is 10.1. The Morgan fingerprint density at radius 1 is 1.43 bits per heavy atom. The van der Waals surface area contributed by atoms with Gasteiger partial charge in [-0.1, -0.05) is 11.6 Å². The van der Waals surface area contributed by atoms with Gasteiger partial charge in [0, 0.05) is 4.90 Å². The van der Waals surface area contributed by atoms with Crippen molar-refractivity contribution in [3.8, 4) is 0 Å². The Morgan fingerprint density at radius 3 is 2.48 bits per heavy atom. The molecule has 0 aliphatic rings. The molecule has 1 amide bonds. The average molecular weight is 342 g/mol. The Hall–Kier alpha value is -1.41.